The fraction of sp³-hybridized carbons (Fsp3) is 0.269. The first-order valence-electron chi connectivity index (χ1n) is 10.6. The van der Waals surface area contributed by atoms with E-state index in [2.05, 4.69) is 4.90 Å². The van der Waals surface area contributed by atoms with Crippen LogP contribution in [0.25, 0.3) is 0 Å². The molecule has 0 saturated carbocycles. The Morgan fingerprint density at radius 2 is 1.69 bits per heavy atom. The van der Waals surface area contributed by atoms with E-state index in [1.54, 1.807) is 24.0 Å². The zero-order chi connectivity index (χ0) is 22.9. The van der Waals surface area contributed by atoms with Crippen molar-refractivity contribution in [2.45, 2.75) is 25.5 Å². The second-order valence-corrected chi connectivity index (χ2v) is 9.25. The summed E-state index contributed by atoms with van der Waals surface area (Å²) in [5.74, 6) is -0.308. The van der Waals surface area contributed by atoms with Crippen LogP contribution < -0.4 is 4.90 Å². The number of carbonyl (C=O) groups excluding carboxylic acids is 1. The van der Waals surface area contributed by atoms with Crippen LogP contribution in [-0.4, -0.2) is 35.5 Å². The Labute approximate surface area is 199 Å². The maximum atomic E-state index is 13.4. The summed E-state index contributed by atoms with van der Waals surface area (Å²) in [6.45, 7) is 5.07. The van der Waals surface area contributed by atoms with Crippen molar-refractivity contribution in [2.75, 3.05) is 24.5 Å². The van der Waals surface area contributed by atoms with E-state index in [9.17, 15) is 9.90 Å². The van der Waals surface area contributed by atoms with Gasteiger partial charge in [0.1, 0.15) is 0 Å². The van der Waals surface area contributed by atoms with Crippen molar-refractivity contribution in [3.8, 4) is 0 Å². The molecule has 2 atom stereocenters. The van der Waals surface area contributed by atoms with Gasteiger partial charge in [-0.3, -0.25) is 4.79 Å². The van der Waals surface area contributed by atoms with Crippen molar-refractivity contribution in [3.05, 3.63) is 99.5 Å². The molecular formula is C26H26Cl2N2O2. The molecule has 1 fully saturated rings. The third-order valence-corrected chi connectivity index (χ3v) is 6.64. The second kappa shape index (κ2) is 9.14. The summed E-state index contributed by atoms with van der Waals surface area (Å²) in [5, 5.41) is 12.5. The monoisotopic (exact) mass is 468 g/mol. The number of hydrogen-bond acceptors (Lipinski definition) is 3. The van der Waals surface area contributed by atoms with Gasteiger partial charge >= 0.3 is 0 Å². The van der Waals surface area contributed by atoms with E-state index in [0.29, 0.717) is 35.2 Å². The molecule has 0 aliphatic carbocycles. The van der Waals surface area contributed by atoms with Crippen LogP contribution in [0.1, 0.15) is 29.7 Å². The van der Waals surface area contributed by atoms with E-state index in [-0.39, 0.29) is 11.9 Å². The Hall–Kier alpha value is -2.53. The molecule has 32 heavy (non-hydrogen) atoms. The van der Waals surface area contributed by atoms with Gasteiger partial charge in [0.05, 0.1) is 16.8 Å². The zero-order valence-corrected chi connectivity index (χ0v) is 19.6. The molecule has 0 aromatic heterocycles. The minimum atomic E-state index is -1.60. The molecule has 0 bridgehead atoms. The fourth-order valence-electron chi connectivity index (χ4n) is 4.26. The van der Waals surface area contributed by atoms with E-state index in [1.807, 2.05) is 67.6 Å². The van der Waals surface area contributed by atoms with Crippen molar-refractivity contribution in [2.24, 2.45) is 0 Å². The van der Waals surface area contributed by atoms with E-state index in [0.717, 1.165) is 16.8 Å². The highest BCUT2D eigenvalue weighted by Gasteiger charge is 2.40. The first-order chi connectivity index (χ1) is 15.3. The van der Waals surface area contributed by atoms with Crippen molar-refractivity contribution >= 4 is 34.8 Å². The van der Waals surface area contributed by atoms with Gasteiger partial charge in [0.15, 0.2) is 5.60 Å². The predicted octanol–water partition coefficient (Wildman–Crippen LogP) is 5.60. The summed E-state index contributed by atoms with van der Waals surface area (Å²) in [6.07, 6.45) is 0. The highest BCUT2D eigenvalue weighted by atomic mass is 35.5. The van der Waals surface area contributed by atoms with Crippen LogP contribution in [-0.2, 0) is 10.4 Å². The number of anilines is 1. The van der Waals surface area contributed by atoms with E-state index >= 15 is 0 Å². The van der Waals surface area contributed by atoms with Crippen LogP contribution >= 0.6 is 23.2 Å². The third kappa shape index (κ3) is 4.49. The summed E-state index contributed by atoms with van der Waals surface area (Å²) in [6, 6.07) is 22.6. The highest BCUT2D eigenvalue weighted by Crippen LogP contribution is 2.37. The third-order valence-electron chi connectivity index (χ3n) is 6.09. The number of rotatable bonds is 4. The average molecular weight is 469 g/mol. The number of hydrogen-bond donors (Lipinski definition) is 1. The van der Waals surface area contributed by atoms with Gasteiger partial charge in [0.2, 0.25) is 0 Å². The van der Waals surface area contributed by atoms with Crippen LogP contribution in [0.5, 0.6) is 0 Å². The lowest BCUT2D eigenvalue weighted by Crippen LogP contribution is -2.55. The van der Waals surface area contributed by atoms with Crippen molar-refractivity contribution in [1.29, 1.82) is 0 Å². The number of nitrogens with zero attached hydrogens (tertiary/aromatic N) is 2. The van der Waals surface area contributed by atoms with Crippen molar-refractivity contribution in [1.82, 2.24) is 4.90 Å². The smallest absolute Gasteiger partial charge is 0.259 e. The largest absolute Gasteiger partial charge is 0.376 e. The van der Waals surface area contributed by atoms with E-state index in [1.165, 1.54) is 0 Å². The molecule has 3 aromatic carbocycles. The van der Waals surface area contributed by atoms with Gasteiger partial charge in [0, 0.05) is 24.7 Å². The normalized spacial score (nSPS) is 18.3. The molecule has 6 heteroatoms. The molecule has 1 N–H and O–H groups in total. The van der Waals surface area contributed by atoms with Crippen LogP contribution in [0.4, 0.5) is 5.69 Å². The molecule has 1 aliphatic rings. The molecule has 0 radical (unpaired) electrons. The van der Waals surface area contributed by atoms with Gasteiger partial charge in [0.25, 0.3) is 5.91 Å². The number of benzene rings is 3. The van der Waals surface area contributed by atoms with Crippen LogP contribution in [0, 0.1) is 6.92 Å². The van der Waals surface area contributed by atoms with Gasteiger partial charge in [-0.15, -0.1) is 0 Å². The van der Waals surface area contributed by atoms with Gasteiger partial charge < -0.3 is 14.9 Å². The predicted molar refractivity (Wildman–Crippen MR) is 130 cm³/mol. The average Bonchev–Trinajstić information content (AvgIpc) is 2.79. The number of amides is 1. The number of carbonyl (C=O) groups is 1. The van der Waals surface area contributed by atoms with Gasteiger partial charge in [-0.2, -0.15) is 0 Å². The van der Waals surface area contributed by atoms with Crippen LogP contribution in [0.2, 0.25) is 10.0 Å². The molecular weight excluding hydrogens is 443 g/mol. The molecule has 1 heterocycles. The summed E-state index contributed by atoms with van der Waals surface area (Å²) < 4.78 is 0. The number of halogens is 2. The minimum absolute atomic E-state index is 0.128. The maximum Gasteiger partial charge on any atom is 0.259 e. The molecule has 1 saturated heterocycles. The van der Waals surface area contributed by atoms with E-state index in [4.69, 9.17) is 23.2 Å². The number of piperazine rings is 1. The summed E-state index contributed by atoms with van der Waals surface area (Å²) >= 11 is 12.7. The minimum Gasteiger partial charge on any atom is -0.376 e. The Kier molecular flexibility index (Phi) is 6.47. The molecule has 4 rings (SSSR count). The van der Waals surface area contributed by atoms with Crippen molar-refractivity contribution < 1.29 is 9.90 Å². The Bertz CT molecular complexity index is 1100. The quantitative estimate of drug-likeness (QED) is 0.541. The lowest BCUT2D eigenvalue weighted by Gasteiger charge is -2.45. The first kappa shape index (κ1) is 22.7. The summed E-state index contributed by atoms with van der Waals surface area (Å²) in [4.78, 5) is 17.4. The lowest BCUT2D eigenvalue weighted by molar-refractivity contribution is -0.151. The molecule has 1 aliphatic heterocycles. The first-order valence-corrected chi connectivity index (χ1v) is 11.4. The van der Waals surface area contributed by atoms with E-state index < -0.39 is 5.60 Å². The topological polar surface area (TPSA) is 43.8 Å². The molecule has 1 amide bonds. The summed E-state index contributed by atoms with van der Waals surface area (Å²) in [7, 11) is 0. The maximum absolute atomic E-state index is 13.4. The zero-order valence-electron chi connectivity index (χ0n) is 18.1. The fourth-order valence-corrected chi connectivity index (χ4v) is 4.73. The highest BCUT2D eigenvalue weighted by molar-refractivity contribution is 6.33. The Morgan fingerprint density at radius 3 is 2.34 bits per heavy atom. The Balaban J connectivity index is 1.67. The lowest BCUT2D eigenvalue weighted by atomic mass is 9.93. The molecule has 0 spiro atoms. The Morgan fingerprint density at radius 1 is 1.00 bits per heavy atom. The molecule has 4 nitrogen and oxygen atoms in total. The number of aliphatic hydroxyl groups is 1. The standard InChI is InChI=1S/C26H26Cl2N2O2/c1-18-8-13-23(22(28)16-18)30-15-14-29(17-24(30)19-9-11-21(27)12-10-19)25(31)26(2,32)20-6-4-3-5-7-20/h3-13,16,24,32H,14-15,17H2,1-2H3/t24-,26-/m0/s1. The molecule has 166 valence electrons. The van der Waals surface area contributed by atoms with Gasteiger partial charge in [-0.05, 0) is 54.8 Å². The number of aryl methyl sites for hydroxylation is 1. The van der Waals surface area contributed by atoms with Crippen molar-refractivity contribution in [3.63, 3.8) is 0 Å². The van der Waals surface area contributed by atoms with Gasteiger partial charge in [-0.1, -0.05) is 71.7 Å². The molecule has 0 unspecified atom stereocenters. The second-order valence-electron chi connectivity index (χ2n) is 8.41. The van der Waals surface area contributed by atoms with Gasteiger partial charge in [-0.25, -0.2) is 0 Å². The van der Waals surface area contributed by atoms with Crippen LogP contribution in [0.3, 0.4) is 0 Å². The SMILES string of the molecule is Cc1ccc(N2CCN(C(=O)[C@@](C)(O)c3ccccc3)C[C@H]2c2ccc(Cl)cc2)c(Cl)c1. The van der Waals surface area contributed by atoms with Crippen LogP contribution in [0.15, 0.2) is 72.8 Å². The summed E-state index contributed by atoms with van der Waals surface area (Å²) in [5.41, 5.74) is 2.03. The molecule has 3 aromatic rings.